The summed E-state index contributed by atoms with van der Waals surface area (Å²) in [4.78, 5) is 11.8. The van der Waals surface area contributed by atoms with Crippen LogP contribution < -0.4 is 4.74 Å². The number of fused-ring (bicyclic) bond motifs is 1. The van der Waals surface area contributed by atoms with Crippen LogP contribution in [0.2, 0.25) is 0 Å². The Kier molecular flexibility index (Phi) is 5.56. The molecule has 0 heterocycles. The molecule has 126 valence electrons. The minimum absolute atomic E-state index is 0.115. The van der Waals surface area contributed by atoms with E-state index in [4.69, 9.17) is 9.47 Å². The third kappa shape index (κ3) is 3.99. The lowest BCUT2D eigenvalue weighted by molar-refractivity contribution is -0.143. The third-order valence-corrected chi connectivity index (χ3v) is 4.97. The van der Waals surface area contributed by atoms with Crippen molar-refractivity contribution in [2.75, 3.05) is 6.61 Å². The molecule has 1 aliphatic carbocycles. The smallest absolute Gasteiger partial charge is 0.306 e. The first-order valence-corrected chi connectivity index (χ1v) is 9.11. The molecule has 4 heteroatoms. The van der Waals surface area contributed by atoms with Crippen LogP contribution in [0.4, 0.5) is 0 Å². The molecule has 0 spiro atoms. The van der Waals surface area contributed by atoms with Gasteiger partial charge in [0, 0.05) is 0 Å². The van der Waals surface area contributed by atoms with Crippen molar-refractivity contribution in [3.05, 3.63) is 63.6 Å². The van der Waals surface area contributed by atoms with Crippen molar-refractivity contribution in [2.45, 2.75) is 38.7 Å². The molecule has 0 aromatic heterocycles. The SMILES string of the molecule is CCOC(=O)C[C@H]1CCc2cc(OCc3ccccc3)c(Br)cc21. The Morgan fingerprint density at radius 2 is 2.04 bits per heavy atom. The van der Waals surface area contributed by atoms with Gasteiger partial charge in [-0.2, -0.15) is 0 Å². The Hall–Kier alpha value is -1.81. The van der Waals surface area contributed by atoms with E-state index in [2.05, 4.69) is 40.2 Å². The van der Waals surface area contributed by atoms with Gasteiger partial charge in [-0.05, 0) is 70.4 Å². The Balaban J connectivity index is 1.70. The van der Waals surface area contributed by atoms with Crippen LogP contribution in [0.1, 0.15) is 42.4 Å². The number of esters is 1. The van der Waals surface area contributed by atoms with Crippen molar-refractivity contribution >= 4 is 21.9 Å². The molecule has 1 atom stereocenters. The van der Waals surface area contributed by atoms with Crippen LogP contribution in [0.25, 0.3) is 0 Å². The molecule has 0 saturated heterocycles. The zero-order valence-corrected chi connectivity index (χ0v) is 15.3. The maximum absolute atomic E-state index is 11.8. The highest BCUT2D eigenvalue weighted by Crippen LogP contribution is 2.41. The fraction of sp³-hybridized carbons (Fsp3) is 0.350. The number of aryl methyl sites for hydroxylation is 1. The van der Waals surface area contributed by atoms with Crippen LogP contribution in [0.5, 0.6) is 5.75 Å². The first-order valence-electron chi connectivity index (χ1n) is 8.32. The van der Waals surface area contributed by atoms with Gasteiger partial charge in [0.15, 0.2) is 0 Å². The molecule has 1 aliphatic rings. The summed E-state index contributed by atoms with van der Waals surface area (Å²) in [5.74, 6) is 0.990. The van der Waals surface area contributed by atoms with Gasteiger partial charge in [-0.15, -0.1) is 0 Å². The summed E-state index contributed by atoms with van der Waals surface area (Å²) in [7, 11) is 0. The van der Waals surface area contributed by atoms with Crippen molar-refractivity contribution in [1.82, 2.24) is 0 Å². The lowest BCUT2D eigenvalue weighted by atomic mass is 9.98. The zero-order chi connectivity index (χ0) is 16.9. The maximum atomic E-state index is 11.8. The van der Waals surface area contributed by atoms with Crippen molar-refractivity contribution < 1.29 is 14.3 Å². The van der Waals surface area contributed by atoms with E-state index in [1.165, 1.54) is 11.1 Å². The monoisotopic (exact) mass is 388 g/mol. The molecule has 0 radical (unpaired) electrons. The third-order valence-electron chi connectivity index (χ3n) is 4.35. The van der Waals surface area contributed by atoms with E-state index < -0.39 is 0 Å². The van der Waals surface area contributed by atoms with Gasteiger partial charge in [0.25, 0.3) is 0 Å². The highest BCUT2D eigenvalue weighted by atomic mass is 79.9. The summed E-state index contributed by atoms with van der Waals surface area (Å²) in [6.07, 6.45) is 2.43. The Bertz CT molecular complexity index is 712. The van der Waals surface area contributed by atoms with Gasteiger partial charge >= 0.3 is 5.97 Å². The largest absolute Gasteiger partial charge is 0.488 e. The number of benzene rings is 2. The van der Waals surface area contributed by atoms with E-state index in [0.29, 0.717) is 19.6 Å². The van der Waals surface area contributed by atoms with Gasteiger partial charge in [-0.1, -0.05) is 30.3 Å². The second kappa shape index (κ2) is 7.84. The fourth-order valence-corrected chi connectivity index (χ4v) is 3.65. The molecule has 0 unspecified atom stereocenters. The molecular weight excluding hydrogens is 368 g/mol. The molecule has 3 nitrogen and oxygen atoms in total. The van der Waals surface area contributed by atoms with Gasteiger partial charge in [0.1, 0.15) is 12.4 Å². The molecule has 3 rings (SSSR count). The quantitative estimate of drug-likeness (QED) is 0.652. The lowest BCUT2D eigenvalue weighted by Crippen LogP contribution is -2.08. The zero-order valence-electron chi connectivity index (χ0n) is 13.8. The Morgan fingerprint density at radius 3 is 2.79 bits per heavy atom. The number of rotatable bonds is 6. The predicted molar refractivity (Wildman–Crippen MR) is 97.2 cm³/mol. The normalized spacial score (nSPS) is 15.8. The summed E-state index contributed by atoms with van der Waals surface area (Å²) in [6, 6.07) is 14.3. The molecule has 2 aromatic rings. The molecule has 0 saturated carbocycles. The van der Waals surface area contributed by atoms with E-state index in [1.54, 1.807) is 0 Å². The molecular formula is C20H21BrO3. The Labute approximate surface area is 151 Å². The van der Waals surface area contributed by atoms with E-state index in [9.17, 15) is 4.79 Å². The predicted octanol–water partition coefficient (Wildman–Crippen LogP) is 5.01. The number of ether oxygens (including phenoxy) is 2. The second-order valence-electron chi connectivity index (χ2n) is 6.00. The van der Waals surface area contributed by atoms with Crippen molar-refractivity contribution in [2.24, 2.45) is 0 Å². The lowest BCUT2D eigenvalue weighted by Gasteiger charge is -2.14. The topological polar surface area (TPSA) is 35.5 Å². The van der Waals surface area contributed by atoms with Crippen LogP contribution in [0.3, 0.4) is 0 Å². The first-order chi connectivity index (χ1) is 11.7. The highest BCUT2D eigenvalue weighted by molar-refractivity contribution is 9.10. The molecule has 0 amide bonds. The summed E-state index contributed by atoms with van der Waals surface area (Å²) in [5.41, 5.74) is 3.66. The van der Waals surface area contributed by atoms with Crippen LogP contribution in [0.15, 0.2) is 46.9 Å². The summed E-state index contributed by atoms with van der Waals surface area (Å²) in [5, 5.41) is 0. The average Bonchev–Trinajstić information content (AvgIpc) is 2.95. The van der Waals surface area contributed by atoms with Gasteiger partial charge in [-0.25, -0.2) is 0 Å². The van der Waals surface area contributed by atoms with Gasteiger partial charge in [-0.3, -0.25) is 4.79 Å². The molecule has 0 fully saturated rings. The van der Waals surface area contributed by atoms with Crippen LogP contribution >= 0.6 is 15.9 Å². The fourth-order valence-electron chi connectivity index (χ4n) is 3.17. The highest BCUT2D eigenvalue weighted by Gasteiger charge is 2.26. The van der Waals surface area contributed by atoms with E-state index in [0.717, 1.165) is 28.6 Å². The molecule has 0 aliphatic heterocycles. The van der Waals surface area contributed by atoms with Crippen LogP contribution in [-0.2, 0) is 22.6 Å². The second-order valence-corrected chi connectivity index (χ2v) is 6.85. The van der Waals surface area contributed by atoms with Crippen LogP contribution in [0, 0.1) is 0 Å². The van der Waals surface area contributed by atoms with Gasteiger partial charge in [0.2, 0.25) is 0 Å². The number of hydrogen-bond donors (Lipinski definition) is 0. The minimum Gasteiger partial charge on any atom is -0.488 e. The van der Waals surface area contributed by atoms with Gasteiger partial charge in [0.05, 0.1) is 17.5 Å². The average molecular weight is 389 g/mol. The van der Waals surface area contributed by atoms with E-state index in [-0.39, 0.29) is 11.9 Å². The number of carbonyl (C=O) groups is 1. The van der Waals surface area contributed by atoms with Crippen LogP contribution in [-0.4, -0.2) is 12.6 Å². The molecule has 0 N–H and O–H groups in total. The Morgan fingerprint density at radius 1 is 1.25 bits per heavy atom. The first kappa shape index (κ1) is 17.0. The molecule has 24 heavy (non-hydrogen) atoms. The summed E-state index contributed by atoms with van der Waals surface area (Å²) < 4.78 is 12.0. The summed E-state index contributed by atoms with van der Waals surface area (Å²) >= 11 is 3.61. The minimum atomic E-state index is -0.115. The van der Waals surface area contributed by atoms with E-state index in [1.807, 2.05) is 25.1 Å². The van der Waals surface area contributed by atoms with Crippen molar-refractivity contribution in [3.8, 4) is 5.75 Å². The maximum Gasteiger partial charge on any atom is 0.306 e. The summed E-state index contributed by atoms with van der Waals surface area (Å²) in [6.45, 7) is 2.83. The number of hydrogen-bond acceptors (Lipinski definition) is 3. The standard InChI is InChI=1S/C20H21BrO3/c1-2-23-20(22)11-16-9-8-15-10-19(18(21)12-17(15)16)24-13-14-6-4-3-5-7-14/h3-7,10,12,16H,2,8-9,11,13H2,1H3/t16-/m1/s1. The van der Waals surface area contributed by atoms with E-state index >= 15 is 0 Å². The van der Waals surface area contributed by atoms with Gasteiger partial charge < -0.3 is 9.47 Å². The number of halogens is 1. The molecule has 0 bridgehead atoms. The number of carbonyl (C=O) groups excluding carboxylic acids is 1. The molecule has 2 aromatic carbocycles. The van der Waals surface area contributed by atoms with Crippen molar-refractivity contribution in [3.63, 3.8) is 0 Å². The van der Waals surface area contributed by atoms with Crippen molar-refractivity contribution in [1.29, 1.82) is 0 Å².